The van der Waals surface area contributed by atoms with E-state index in [0.717, 1.165) is 23.0 Å². The number of nitriles is 1. The highest BCUT2D eigenvalue weighted by molar-refractivity contribution is 5.83. The number of hydrogen-bond acceptors (Lipinski definition) is 6. The Morgan fingerprint density at radius 1 is 1.31 bits per heavy atom. The van der Waals surface area contributed by atoms with Gasteiger partial charge in [-0.15, -0.1) is 0 Å². The van der Waals surface area contributed by atoms with Crippen LogP contribution in [0.4, 0.5) is 0 Å². The SMILES string of the molecule is C[C@@H](NC(=O)Cc1cc2cc(CN(C)C)ccc2[nH]c1=O)c1ncc(C#N)cn1.[HH].[HH]. The van der Waals surface area contributed by atoms with Crippen LogP contribution in [0.2, 0.25) is 0 Å². The van der Waals surface area contributed by atoms with Crippen molar-refractivity contribution in [1.29, 1.82) is 5.26 Å². The molecule has 0 fully saturated rings. The number of fused-ring (bicyclic) bond motifs is 1. The minimum atomic E-state index is -0.443. The summed E-state index contributed by atoms with van der Waals surface area (Å²) in [5, 5.41) is 12.5. The van der Waals surface area contributed by atoms with Crippen LogP contribution in [0.5, 0.6) is 0 Å². The standard InChI is InChI=1S/C21H22N6O2.2H2/c1-13(20-23-10-15(9-22)11-24-20)25-19(28)8-17-7-16-6-14(12-27(2)3)4-5-18(16)26-21(17)29;;/h4-7,10-11,13H,8,12H2,1-3H3,(H,25,28)(H,26,29);2*1H/t13-;;/m1../s1. The van der Waals surface area contributed by atoms with Crippen molar-refractivity contribution in [3.05, 3.63) is 69.5 Å². The Kier molecular flexibility index (Phi) is 6.00. The van der Waals surface area contributed by atoms with E-state index in [2.05, 4.69) is 25.2 Å². The fourth-order valence-electron chi connectivity index (χ4n) is 3.05. The molecule has 8 heteroatoms. The molecular weight excluding hydrogens is 368 g/mol. The molecule has 8 nitrogen and oxygen atoms in total. The topological polar surface area (TPSA) is 115 Å². The van der Waals surface area contributed by atoms with Gasteiger partial charge in [-0.3, -0.25) is 9.59 Å². The van der Waals surface area contributed by atoms with Crippen molar-refractivity contribution >= 4 is 16.8 Å². The van der Waals surface area contributed by atoms with Crippen LogP contribution in [0, 0.1) is 11.3 Å². The van der Waals surface area contributed by atoms with E-state index < -0.39 is 6.04 Å². The Bertz CT molecular complexity index is 1140. The summed E-state index contributed by atoms with van der Waals surface area (Å²) < 4.78 is 0. The Hall–Kier alpha value is -3.57. The van der Waals surface area contributed by atoms with Crippen molar-refractivity contribution in [2.24, 2.45) is 0 Å². The lowest BCUT2D eigenvalue weighted by Gasteiger charge is -2.13. The molecule has 2 aromatic heterocycles. The molecule has 0 aliphatic heterocycles. The van der Waals surface area contributed by atoms with Gasteiger partial charge in [0, 0.05) is 32.9 Å². The smallest absolute Gasteiger partial charge is 0.252 e. The highest BCUT2D eigenvalue weighted by Crippen LogP contribution is 2.15. The summed E-state index contributed by atoms with van der Waals surface area (Å²) in [6, 6.07) is 9.13. The second-order valence-corrected chi connectivity index (χ2v) is 7.19. The molecule has 1 amide bonds. The van der Waals surface area contributed by atoms with E-state index in [1.165, 1.54) is 12.4 Å². The van der Waals surface area contributed by atoms with E-state index in [4.69, 9.17) is 5.26 Å². The highest BCUT2D eigenvalue weighted by Gasteiger charge is 2.14. The number of pyridine rings is 1. The normalized spacial score (nSPS) is 12.0. The van der Waals surface area contributed by atoms with Crippen molar-refractivity contribution in [3.63, 3.8) is 0 Å². The van der Waals surface area contributed by atoms with Crippen LogP contribution in [-0.4, -0.2) is 39.9 Å². The molecule has 3 rings (SSSR count). The van der Waals surface area contributed by atoms with Gasteiger partial charge in [0.05, 0.1) is 18.0 Å². The van der Waals surface area contributed by atoms with Crippen molar-refractivity contribution in [1.82, 2.24) is 25.2 Å². The van der Waals surface area contributed by atoms with Crippen LogP contribution in [-0.2, 0) is 17.8 Å². The van der Waals surface area contributed by atoms with Crippen LogP contribution >= 0.6 is 0 Å². The average Bonchev–Trinajstić information content (AvgIpc) is 2.68. The number of benzene rings is 1. The van der Waals surface area contributed by atoms with E-state index in [9.17, 15) is 9.59 Å². The van der Waals surface area contributed by atoms with Gasteiger partial charge >= 0.3 is 0 Å². The first-order valence-corrected chi connectivity index (χ1v) is 9.16. The molecule has 0 unspecified atom stereocenters. The lowest BCUT2D eigenvalue weighted by atomic mass is 10.1. The first-order chi connectivity index (χ1) is 13.9. The predicted octanol–water partition coefficient (Wildman–Crippen LogP) is 2.16. The Labute approximate surface area is 171 Å². The molecule has 3 aromatic rings. The second kappa shape index (κ2) is 8.63. The summed E-state index contributed by atoms with van der Waals surface area (Å²) in [6.45, 7) is 2.53. The quantitative estimate of drug-likeness (QED) is 0.662. The maximum atomic E-state index is 12.4. The number of H-pyrrole nitrogens is 1. The van der Waals surface area contributed by atoms with Crippen molar-refractivity contribution in [2.75, 3.05) is 14.1 Å². The third-order valence-electron chi connectivity index (χ3n) is 4.40. The van der Waals surface area contributed by atoms with Crippen LogP contribution in [0.3, 0.4) is 0 Å². The minimum Gasteiger partial charge on any atom is -0.346 e. The number of aromatic nitrogens is 3. The molecule has 0 aliphatic carbocycles. The zero-order valence-corrected chi connectivity index (χ0v) is 16.6. The highest BCUT2D eigenvalue weighted by atomic mass is 16.2. The number of nitrogens with one attached hydrogen (secondary N) is 2. The summed E-state index contributed by atoms with van der Waals surface area (Å²) in [4.78, 5) is 37.9. The average molecular weight is 394 g/mol. The molecule has 0 saturated carbocycles. The monoisotopic (exact) mass is 394 g/mol. The summed E-state index contributed by atoms with van der Waals surface area (Å²) in [5.74, 6) is 0.0952. The van der Waals surface area contributed by atoms with E-state index in [0.29, 0.717) is 17.0 Å². The van der Waals surface area contributed by atoms with Gasteiger partial charge in [-0.2, -0.15) is 5.26 Å². The van der Waals surface area contributed by atoms with E-state index in [1.54, 1.807) is 13.0 Å². The first-order valence-electron chi connectivity index (χ1n) is 9.16. The van der Waals surface area contributed by atoms with Crippen LogP contribution < -0.4 is 10.9 Å². The van der Waals surface area contributed by atoms with Crippen LogP contribution in [0.15, 0.2) is 41.5 Å². The molecule has 0 bridgehead atoms. The molecule has 0 radical (unpaired) electrons. The van der Waals surface area contributed by atoms with Gasteiger partial charge in [-0.1, -0.05) is 6.07 Å². The van der Waals surface area contributed by atoms with Gasteiger partial charge in [-0.25, -0.2) is 9.97 Å². The molecule has 152 valence electrons. The minimum absolute atomic E-state index is 0. The molecule has 0 aliphatic rings. The first kappa shape index (κ1) is 20.2. The Balaban J connectivity index is 0.00000240. The fourth-order valence-corrected chi connectivity index (χ4v) is 3.05. The van der Waals surface area contributed by atoms with Gasteiger partial charge in [0.1, 0.15) is 11.9 Å². The lowest BCUT2D eigenvalue weighted by Crippen LogP contribution is -2.31. The fraction of sp³-hybridized carbons (Fsp3) is 0.286. The zero-order valence-electron chi connectivity index (χ0n) is 16.6. The van der Waals surface area contributed by atoms with Gasteiger partial charge in [0.15, 0.2) is 0 Å². The molecule has 1 atom stereocenters. The van der Waals surface area contributed by atoms with Gasteiger partial charge in [0.2, 0.25) is 5.91 Å². The molecule has 2 N–H and O–H groups in total. The summed E-state index contributed by atoms with van der Waals surface area (Å²) >= 11 is 0. The van der Waals surface area contributed by atoms with Crippen LogP contribution in [0.25, 0.3) is 10.9 Å². The molecule has 0 spiro atoms. The molecular formula is C21H26N6O2. The van der Waals surface area contributed by atoms with E-state index >= 15 is 0 Å². The van der Waals surface area contributed by atoms with Crippen molar-refractivity contribution in [2.45, 2.75) is 25.9 Å². The zero-order chi connectivity index (χ0) is 21.0. The Morgan fingerprint density at radius 3 is 2.69 bits per heavy atom. The van der Waals surface area contributed by atoms with Crippen molar-refractivity contribution < 1.29 is 7.65 Å². The summed E-state index contributed by atoms with van der Waals surface area (Å²) in [7, 11) is 3.98. The third-order valence-corrected chi connectivity index (χ3v) is 4.40. The number of amides is 1. The van der Waals surface area contributed by atoms with Crippen LogP contribution in [0.1, 0.15) is 38.3 Å². The Morgan fingerprint density at radius 2 is 2.03 bits per heavy atom. The maximum absolute atomic E-state index is 12.4. The summed E-state index contributed by atoms with van der Waals surface area (Å²) in [6.07, 6.45) is 2.76. The predicted molar refractivity (Wildman–Crippen MR) is 113 cm³/mol. The largest absolute Gasteiger partial charge is 0.346 e. The molecule has 2 heterocycles. The summed E-state index contributed by atoms with van der Waals surface area (Å²) in [5.41, 5.74) is 2.32. The van der Waals surface area contributed by atoms with Gasteiger partial charge in [-0.05, 0) is 50.2 Å². The van der Waals surface area contributed by atoms with E-state index in [-0.39, 0.29) is 20.7 Å². The molecule has 29 heavy (non-hydrogen) atoms. The number of carbonyl (C=O) groups is 1. The van der Waals surface area contributed by atoms with Gasteiger partial charge < -0.3 is 15.2 Å². The maximum Gasteiger partial charge on any atom is 0.252 e. The molecule has 1 aromatic carbocycles. The molecule has 0 saturated heterocycles. The van der Waals surface area contributed by atoms with E-state index in [1.807, 2.05) is 38.4 Å². The van der Waals surface area contributed by atoms with Crippen molar-refractivity contribution in [3.8, 4) is 6.07 Å². The van der Waals surface area contributed by atoms with Gasteiger partial charge in [0.25, 0.3) is 5.56 Å². The lowest BCUT2D eigenvalue weighted by molar-refractivity contribution is -0.121. The third kappa shape index (κ3) is 5.03. The number of nitrogens with zero attached hydrogens (tertiary/aromatic N) is 4. The second-order valence-electron chi connectivity index (χ2n) is 7.19. The number of carbonyl (C=O) groups excluding carboxylic acids is 1. The number of aromatic amines is 1. The number of hydrogen-bond donors (Lipinski definition) is 2. The number of rotatable bonds is 6.